The minimum Gasteiger partial charge on any atom is -0.444 e. The number of urea groups is 1. The van der Waals surface area contributed by atoms with Gasteiger partial charge in [0.1, 0.15) is 29.3 Å². The SMILES string of the molecule is C[C@@H](CN=C(NC(=O)OC(C)(C)C)NC(=O)OC(C)(C)C)c1cc([C@@H]2CC3(CC3)[C@@H]3CN2C(=O)N3OCc2ccccc2)no1. The normalized spacial score (nSPS) is 20.9. The van der Waals surface area contributed by atoms with Gasteiger partial charge in [-0.2, -0.15) is 5.06 Å². The van der Waals surface area contributed by atoms with Crippen molar-refractivity contribution in [1.29, 1.82) is 0 Å². The number of aliphatic imine (C=N–C) groups is 1. The molecule has 244 valence electrons. The van der Waals surface area contributed by atoms with Gasteiger partial charge in [0.25, 0.3) is 0 Å². The van der Waals surface area contributed by atoms with Crippen molar-refractivity contribution in [3.05, 3.63) is 53.4 Å². The third-order valence-corrected chi connectivity index (χ3v) is 8.01. The van der Waals surface area contributed by atoms with Crippen molar-refractivity contribution in [2.75, 3.05) is 13.1 Å². The van der Waals surface area contributed by atoms with E-state index in [1.807, 2.05) is 48.2 Å². The van der Waals surface area contributed by atoms with Crippen molar-refractivity contribution in [3.8, 4) is 0 Å². The van der Waals surface area contributed by atoms with Crippen LogP contribution in [0.1, 0.15) is 96.7 Å². The number of amides is 4. The third kappa shape index (κ3) is 7.94. The maximum Gasteiger partial charge on any atom is 0.414 e. The van der Waals surface area contributed by atoms with Gasteiger partial charge in [0.05, 0.1) is 18.6 Å². The monoisotopic (exact) mass is 624 g/mol. The largest absolute Gasteiger partial charge is 0.444 e. The van der Waals surface area contributed by atoms with Gasteiger partial charge in [-0.05, 0) is 71.8 Å². The van der Waals surface area contributed by atoms with Gasteiger partial charge in [-0.25, -0.2) is 14.4 Å². The van der Waals surface area contributed by atoms with Gasteiger partial charge in [-0.1, -0.05) is 42.4 Å². The molecule has 1 aromatic carbocycles. The summed E-state index contributed by atoms with van der Waals surface area (Å²) in [4.78, 5) is 50.7. The molecule has 0 unspecified atom stereocenters. The Labute approximate surface area is 263 Å². The fourth-order valence-electron chi connectivity index (χ4n) is 5.68. The molecule has 3 heterocycles. The number of alkyl carbamates (subject to hydrolysis) is 2. The summed E-state index contributed by atoms with van der Waals surface area (Å²) in [6.07, 6.45) is 1.32. The van der Waals surface area contributed by atoms with E-state index >= 15 is 0 Å². The van der Waals surface area contributed by atoms with E-state index in [0.29, 0.717) is 24.6 Å². The molecule has 3 atom stereocenters. The Bertz CT molecular complexity index is 1390. The number of ether oxygens (including phenoxy) is 2. The molecule has 3 aliphatic rings. The number of nitrogens with zero attached hydrogens (tertiary/aromatic N) is 4. The topological polar surface area (TPSA) is 148 Å². The van der Waals surface area contributed by atoms with Crippen molar-refractivity contribution >= 4 is 24.2 Å². The minimum atomic E-state index is -0.770. The molecule has 2 aromatic rings. The van der Waals surface area contributed by atoms with Gasteiger partial charge < -0.3 is 18.9 Å². The van der Waals surface area contributed by atoms with Crippen LogP contribution in [-0.2, 0) is 20.9 Å². The zero-order valence-electron chi connectivity index (χ0n) is 27.1. The molecule has 4 amide bonds. The predicted molar refractivity (Wildman–Crippen MR) is 164 cm³/mol. The molecule has 3 fully saturated rings. The van der Waals surface area contributed by atoms with Gasteiger partial charge in [0, 0.05) is 18.5 Å². The first-order valence-corrected chi connectivity index (χ1v) is 15.4. The van der Waals surface area contributed by atoms with Gasteiger partial charge >= 0.3 is 18.2 Å². The van der Waals surface area contributed by atoms with E-state index in [2.05, 4.69) is 20.8 Å². The Balaban J connectivity index is 1.26. The number of rotatable bonds is 7. The molecule has 13 heteroatoms. The average Bonchev–Trinajstić information content (AvgIpc) is 3.40. The second kappa shape index (κ2) is 12.3. The van der Waals surface area contributed by atoms with E-state index in [1.165, 1.54) is 0 Å². The van der Waals surface area contributed by atoms with Crippen molar-refractivity contribution in [3.63, 3.8) is 0 Å². The molecular formula is C32H44N6O7. The smallest absolute Gasteiger partial charge is 0.414 e. The van der Waals surface area contributed by atoms with Crippen LogP contribution in [0.2, 0.25) is 0 Å². The lowest BCUT2D eigenvalue weighted by Crippen LogP contribution is -2.47. The number of carbonyl (C=O) groups is 3. The molecule has 1 aromatic heterocycles. The highest BCUT2D eigenvalue weighted by Gasteiger charge is 2.63. The second-order valence-electron chi connectivity index (χ2n) is 14.1. The van der Waals surface area contributed by atoms with Crippen LogP contribution in [0.5, 0.6) is 0 Å². The van der Waals surface area contributed by atoms with E-state index in [4.69, 9.17) is 18.8 Å². The summed E-state index contributed by atoms with van der Waals surface area (Å²) in [7, 11) is 0. The summed E-state index contributed by atoms with van der Waals surface area (Å²) in [5.74, 6) is 0.184. The Morgan fingerprint density at radius 1 is 1.07 bits per heavy atom. The first-order valence-electron chi connectivity index (χ1n) is 15.4. The molecule has 45 heavy (non-hydrogen) atoms. The molecule has 1 saturated carbocycles. The molecule has 1 spiro atoms. The maximum absolute atomic E-state index is 13.5. The molecule has 1 aliphatic carbocycles. The number of hydrogen-bond acceptors (Lipinski definition) is 9. The Kier molecular flexibility index (Phi) is 8.85. The number of nitrogens with one attached hydrogen (secondary N) is 2. The maximum atomic E-state index is 13.5. The van der Waals surface area contributed by atoms with Crippen LogP contribution in [0.25, 0.3) is 0 Å². The molecule has 2 N–H and O–H groups in total. The number of aromatic nitrogens is 1. The van der Waals surface area contributed by atoms with E-state index in [-0.39, 0.29) is 42.0 Å². The summed E-state index contributed by atoms with van der Waals surface area (Å²) in [5.41, 5.74) is 0.207. The van der Waals surface area contributed by atoms with E-state index in [1.54, 1.807) is 46.6 Å². The highest BCUT2D eigenvalue weighted by Crippen LogP contribution is 2.61. The number of carbonyl (C=O) groups excluding carboxylic acids is 3. The molecule has 0 radical (unpaired) electrons. The van der Waals surface area contributed by atoms with Crippen LogP contribution < -0.4 is 10.6 Å². The average molecular weight is 625 g/mol. The van der Waals surface area contributed by atoms with Crippen molar-refractivity contribution in [1.82, 2.24) is 25.8 Å². The number of benzene rings is 1. The summed E-state index contributed by atoms with van der Waals surface area (Å²) in [5, 5.41) is 10.9. The Hall–Kier alpha value is -4.13. The second-order valence-corrected chi connectivity index (χ2v) is 14.1. The summed E-state index contributed by atoms with van der Waals surface area (Å²) >= 11 is 0. The summed E-state index contributed by atoms with van der Waals surface area (Å²) in [6.45, 7) is 13.4. The number of fused-ring (bicyclic) bond motifs is 3. The van der Waals surface area contributed by atoms with Crippen LogP contribution >= 0.6 is 0 Å². The lowest BCUT2D eigenvalue weighted by Gasteiger charge is -2.35. The number of hydroxylamine groups is 2. The first kappa shape index (κ1) is 32.3. The van der Waals surface area contributed by atoms with Crippen LogP contribution in [0.15, 0.2) is 45.9 Å². The van der Waals surface area contributed by atoms with Crippen molar-refractivity contribution < 1.29 is 33.2 Å². The third-order valence-electron chi connectivity index (χ3n) is 8.01. The van der Waals surface area contributed by atoms with Crippen LogP contribution in [-0.4, -0.2) is 69.6 Å². The summed E-state index contributed by atoms with van der Waals surface area (Å²) in [6, 6.07) is 11.3. The molecule has 5 rings (SSSR count). The zero-order chi connectivity index (χ0) is 32.6. The standard InChI is InChI=1S/C32H44N6O7/c1-20(17-33-26(34-27(39)43-30(2,3)4)35-28(40)44-31(5,6)7)24-15-22(36-45-24)23-16-32(13-14-32)25-18-37(23)29(41)38(25)42-19-21-11-9-8-10-12-21/h8-12,15,20,23,25H,13-14,16-19H2,1-7H3,(H2,33,34,35,39,40)/t20-,23-,25-/m0/s1. The molecule has 2 bridgehead atoms. The lowest BCUT2D eigenvalue weighted by molar-refractivity contribution is -0.153. The highest BCUT2D eigenvalue weighted by atomic mass is 16.7. The van der Waals surface area contributed by atoms with Gasteiger partial charge in [-0.3, -0.25) is 20.5 Å². The fourth-order valence-corrected chi connectivity index (χ4v) is 5.68. The van der Waals surface area contributed by atoms with Crippen LogP contribution in [0, 0.1) is 5.41 Å². The first-order chi connectivity index (χ1) is 21.1. The minimum absolute atomic E-state index is 0.00854. The highest BCUT2D eigenvalue weighted by molar-refractivity contribution is 6.01. The molecular weight excluding hydrogens is 580 g/mol. The van der Waals surface area contributed by atoms with Crippen molar-refractivity contribution in [2.45, 2.75) is 104 Å². The van der Waals surface area contributed by atoms with Crippen molar-refractivity contribution in [2.24, 2.45) is 10.4 Å². The zero-order valence-corrected chi connectivity index (χ0v) is 27.1. The Morgan fingerprint density at radius 3 is 2.27 bits per heavy atom. The lowest BCUT2D eigenvalue weighted by atomic mass is 9.84. The van der Waals surface area contributed by atoms with E-state index < -0.39 is 23.4 Å². The van der Waals surface area contributed by atoms with Crippen LogP contribution in [0.4, 0.5) is 14.4 Å². The van der Waals surface area contributed by atoms with Gasteiger partial charge in [-0.15, -0.1) is 0 Å². The summed E-state index contributed by atoms with van der Waals surface area (Å²) < 4.78 is 16.4. The molecule has 2 saturated heterocycles. The van der Waals surface area contributed by atoms with Gasteiger partial charge in [0.15, 0.2) is 0 Å². The van der Waals surface area contributed by atoms with E-state index in [9.17, 15) is 14.4 Å². The quantitative estimate of drug-likeness (QED) is 0.297. The Morgan fingerprint density at radius 2 is 1.69 bits per heavy atom. The van der Waals surface area contributed by atoms with Gasteiger partial charge in [0.2, 0.25) is 5.96 Å². The predicted octanol–water partition coefficient (Wildman–Crippen LogP) is 5.65. The molecule has 13 nitrogen and oxygen atoms in total. The number of hydrogen-bond donors (Lipinski definition) is 2. The number of piperidine rings is 1. The van der Waals surface area contributed by atoms with Crippen LogP contribution in [0.3, 0.4) is 0 Å². The fraction of sp³-hybridized carbons (Fsp3) is 0.594. The molecule has 2 aliphatic heterocycles. The number of guanidine groups is 1. The van der Waals surface area contributed by atoms with E-state index in [0.717, 1.165) is 24.8 Å².